The fraction of sp³-hybridized carbons (Fsp3) is 0. The SMILES string of the molecule is NC(=S)N/N=C(/c1ccccc1)c1ccc([N+](=O)[O-])cc1. The van der Waals surface area contributed by atoms with Crippen LogP contribution in [0.25, 0.3) is 0 Å². The van der Waals surface area contributed by atoms with Crippen LogP contribution in [-0.2, 0) is 0 Å². The van der Waals surface area contributed by atoms with Crippen LogP contribution in [0.1, 0.15) is 11.1 Å². The van der Waals surface area contributed by atoms with E-state index in [-0.39, 0.29) is 10.8 Å². The van der Waals surface area contributed by atoms with Gasteiger partial charge in [-0.15, -0.1) is 0 Å². The molecular weight excluding hydrogens is 288 g/mol. The van der Waals surface area contributed by atoms with Crippen molar-refractivity contribution in [1.29, 1.82) is 0 Å². The lowest BCUT2D eigenvalue weighted by Gasteiger charge is -2.07. The summed E-state index contributed by atoms with van der Waals surface area (Å²) in [5.41, 5.74) is 10.1. The summed E-state index contributed by atoms with van der Waals surface area (Å²) in [7, 11) is 0. The van der Waals surface area contributed by atoms with Gasteiger partial charge < -0.3 is 5.73 Å². The number of nitro groups is 1. The lowest BCUT2D eigenvalue weighted by Crippen LogP contribution is -2.26. The Bertz CT molecular complexity index is 684. The van der Waals surface area contributed by atoms with E-state index in [0.717, 1.165) is 11.1 Å². The van der Waals surface area contributed by atoms with Gasteiger partial charge in [-0.05, 0) is 24.4 Å². The highest BCUT2D eigenvalue weighted by Gasteiger charge is 2.10. The zero-order chi connectivity index (χ0) is 15.2. The number of nitrogens with one attached hydrogen (secondary N) is 1. The summed E-state index contributed by atoms with van der Waals surface area (Å²) in [5.74, 6) is 0. The summed E-state index contributed by atoms with van der Waals surface area (Å²) in [4.78, 5) is 10.2. The molecule has 0 unspecified atom stereocenters. The Kier molecular flexibility index (Phi) is 4.57. The van der Waals surface area contributed by atoms with Gasteiger partial charge in [0.2, 0.25) is 0 Å². The molecule has 0 aliphatic carbocycles. The number of thiocarbonyl (C=S) groups is 1. The molecule has 0 saturated carbocycles. The summed E-state index contributed by atoms with van der Waals surface area (Å²) < 4.78 is 0. The lowest BCUT2D eigenvalue weighted by atomic mass is 10.0. The van der Waals surface area contributed by atoms with Gasteiger partial charge in [-0.2, -0.15) is 5.10 Å². The molecule has 106 valence electrons. The maximum atomic E-state index is 10.7. The lowest BCUT2D eigenvalue weighted by molar-refractivity contribution is -0.384. The predicted molar refractivity (Wildman–Crippen MR) is 85.1 cm³/mol. The Labute approximate surface area is 126 Å². The molecule has 0 bridgehead atoms. The van der Waals surface area contributed by atoms with Crippen LogP contribution in [0.15, 0.2) is 59.7 Å². The van der Waals surface area contributed by atoms with Crippen molar-refractivity contribution < 1.29 is 4.92 Å². The minimum absolute atomic E-state index is 0.0217. The summed E-state index contributed by atoms with van der Waals surface area (Å²) >= 11 is 4.74. The van der Waals surface area contributed by atoms with E-state index in [9.17, 15) is 10.1 Å². The van der Waals surface area contributed by atoms with Crippen molar-refractivity contribution in [3.63, 3.8) is 0 Å². The Morgan fingerprint density at radius 1 is 1.10 bits per heavy atom. The van der Waals surface area contributed by atoms with Gasteiger partial charge in [0.1, 0.15) is 0 Å². The molecule has 2 rings (SSSR count). The van der Waals surface area contributed by atoms with E-state index < -0.39 is 4.92 Å². The molecule has 0 aliphatic heterocycles. The molecule has 0 aromatic heterocycles. The number of rotatable bonds is 4. The Balaban J connectivity index is 2.42. The first kappa shape index (κ1) is 14.6. The molecular formula is C14H12N4O2S. The van der Waals surface area contributed by atoms with E-state index in [1.807, 2.05) is 30.3 Å². The number of nitrogens with zero attached hydrogens (tertiary/aromatic N) is 2. The number of hydrogen-bond acceptors (Lipinski definition) is 4. The van der Waals surface area contributed by atoms with E-state index in [1.165, 1.54) is 12.1 Å². The van der Waals surface area contributed by atoms with Crippen molar-refractivity contribution in [3.8, 4) is 0 Å². The topological polar surface area (TPSA) is 93.5 Å². The first-order valence-corrected chi connectivity index (χ1v) is 6.42. The van der Waals surface area contributed by atoms with Crippen LogP contribution in [-0.4, -0.2) is 15.7 Å². The van der Waals surface area contributed by atoms with Gasteiger partial charge in [0.05, 0.1) is 10.6 Å². The first-order valence-electron chi connectivity index (χ1n) is 6.01. The van der Waals surface area contributed by atoms with Crippen LogP contribution >= 0.6 is 12.2 Å². The molecule has 0 fully saturated rings. The molecule has 2 aromatic carbocycles. The summed E-state index contributed by atoms with van der Waals surface area (Å²) in [6.07, 6.45) is 0. The second kappa shape index (κ2) is 6.58. The van der Waals surface area contributed by atoms with Gasteiger partial charge in [0, 0.05) is 23.3 Å². The van der Waals surface area contributed by atoms with Crippen molar-refractivity contribution in [1.82, 2.24) is 5.43 Å². The maximum absolute atomic E-state index is 10.7. The van der Waals surface area contributed by atoms with E-state index in [0.29, 0.717) is 5.71 Å². The minimum Gasteiger partial charge on any atom is -0.375 e. The van der Waals surface area contributed by atoms with Crippen LogP contribution in [0.3, 0.4) is 0 Å². The third kappa shape index (κ3) is 3.83. The Hall–Kier alpha value is -2.80. The zero-order valence-electron chi connectivity index (χ0n) is 10.9. The van der Waals surface area contributed by atoms with Crippen molar-refractivity contribution >= 4 is 28.7 Å². The van der Waals surface area contributed by atoms with Gasteiger partial charge in [-0.3, -0.25) is 15.5 Å². The number of benzene rings is 2. The predicted octanol–water partition coefficient (Wildman–Crippen LogP) is 2.18. The molecule has 2 aromatic rings. The first-order chi connectivity index (χ1) is 10.1. The Morgan fingerprint density at radius 2 is 1.67 bits per heavy atom. The zero-order valence-corrected chi connectivity index (χ0v) is 11.7. The third-order valence-electron chi connectivity index (χ3n) is 2.68. The molecule has 0 spiro atoms. The largest absolute Gasteiger partial charge is 0.375 e. The van der Waals surface area contributed by atoms with Gasteiger partial charge >= 0.3 is 0 Å². The van der Waals surface area contributed by atoms with E-state index in [1.54, 1.807) is 12.1 Å². The number of hydrogen-bond donors (Lipinski definition) is 2. The Morgan fingerprint density at radius 3 is 2.19 bits per heavy atom. The number of hydrazone groups is 1. The second-order valence-corrected chi connectivity index (χ2v) is 4.55. The second-order valence-electron chi connectivity index (χ2n) is 4.11. The molecule has 0 heterocycles. The maximum Gasteiger partial charge on any atom is 0.269 e. The monoisotopic (exact) mass is 300 g/mol. The normalized spacial score (nSPS) is 11.0. The minimum atomic E-state index is -0.448. The average Bonchev–Trinajstić information content (AvgIpc) is 2.49. The standard InChI is InChI=1S/C14H12N4O2S/c15-14(21)17-16-13(10-4-2-1-3-5-10)11-6-8-12(9-7-11)18(19)20/h1-9H,(H3,15,17,21)/b16-13-. The molecule has 21 heavy (non-hydrogen) atoms. The highest BCUT2D eigenvalue weighted by Crippen LogP contribution is 2.15. The molecule has 0 saturated heterocycles. The smallest absolute Gasteiger partial charge is 0.269 e. The van der Waals surface area contributed by atoms with Crippen LogP contribution in [0, 0.1) is 10.1 Å². The fourth-order valence-electron chi connectivity index (χ4n) is 1.74. The molecule has 7 heteroatoms. The van der Waals surface area contributed by atoms with E-state index in [2.05, 4.69) is 10.5 Å². The van der Waals surface area contributed by atoms with Crippen LogP contribution in [0.2, 0.25) is 0 Å². The highest BCUT2D eigenvalue weighted by atomic mass is 32.1. The number of nitro benzene ring substituents is 1. The summed E-state index contributed by atoms with van der Waals surface area (Å²) in [6, 6.07) is 15.5. The van der Waals surface area contributed by atoms with E-state index >= 15 is 0 Å². The highest BCUT2D eigenvalue weighted by molar-refractivity contribution is 7.80. The van der Waals surface area contributed by atoms with Crippen LogP contribution < -0.4 is 11.2 Å². The molecule has 6 nitrogen and oxygen atoms in total. The van der Waals surface area contributed by atoms with E-state index in [4.69, 9.17) is 18.0 Å². The van der Waals surface area contributed by atoms with Crippen molar-refractivity contribution in [3.05, 3.63) is 75.8 Å². The summed E-state index contributed by atoms with van der Waals surface area (Å²) in [6.45, 7) is 0. The number of non-ortho nitro benzene ring substituents is 1. The average molecular weight is 300 g/mol. The van der Waals surface area contributed by atoms with Gasteiger partial charge in [0.15, 0.2) is 5.11 Å². The molecule has 0 amide bonds. The third-order valence-corrected chi connectivity index (χ3v) is 2.77. The molecule has 0 atom stereocenters. The van der Waals surface area contributed by atoms with Gasteiger partial charge in [-0.25, -0.2) is 0 Å². The number of nitrogens with two attached hydrogens (primary N) is 1. The fourth-order valence-corrected chi connectivity index (χ4v) is 1.79. The van der Waals surface area contributed by atoms with Crippen molar-refractivity contribution in [2.75, 3.05) is 0 Å². The van der Waals surface area contributed by atoms with Gasteiger partial charge in [-0.1, -0.05) is 30.3 Å². The van der Waals surface area contributed by atoms with Crippen molar-refractivity contribution in [2.45, 2.75) is 0 Å². The van der Waals surface area contributed by atoms with Crippen molar-refractivity contribution in [2.24, 2.45) is 10.8 Å². The molecule has 0 aliphatic rings. The molecule has 0 radical (unpaired) electrons. The van der Waals surface area contributed by atoms with Gasteiger partial charge in [0.25, 0.3) is 5.69 Å². The quantitative estimate of drug-likeness (QED) is 0.391. The summed E-state index contributed by atoms with van der Waals surface area (Å²) in [5, 5.41) is 14.9. The molecule has 3 N–H and O–H groups in total. The van der Waals surface area contributed by atoms with Crippen LogP contribution in [0.4, 0.5) is 5.69 Å². The van der Waals surface area contributed by atoms with Crippen LogP contribution in [0.5, 0.6) is 0 Å².